The lowest BCUT2D eigenvalue weighted by Crippen LogP contribution is -2.46. The Balaban J connectivity index is 1.59. The number of hydrogen-bond acceptors (Lipinski definition) is 4. The number of nitrogens with one attached hydrogen (secondary N) is 1. The lowest BCUT2D eigenvalue weighted by atomic mass is 10.0. The number of hydrogen-bond donors (Lipinski definition) is 1. The lowest BCUT2D eigenvalue weighted by Gasteiger charge is -2.30. The molecule has 3 rings (SSSR count). The van der Waals surface area contributed by atoms with Crippen molar-refractivity contribution in [3.05, 3.63) is 45.9 Å². The second-order valence-corrected chi connectivity index (χ2v) is 7.45. The molecule has 0 atom stereocenters. The minimum absolute atomic E-state index is 0.0659. The van der Waals surface area contributed by atoms with Crippen molar-refractivity contribution in [1.29, 1.82) is 0 Å². The third-order valence-electron chi connectivity index (χ3n) is 4.45. The van der Waals surface area contributed by atoms with E-state index in [1.807, 2.05) is 42.0 Å². The van der Waals surface area contributed by atoms with Crippen LogP contribution < -0.4 is 10.2 Å². The summed E-state index contributed by atoms with van der Waals surface area (Å²) in [5.74, 6) is 0.755. The fraction of sp³-hybridized carbons (Fsp3) is 0.421. The van der Waals surface area contributed by atoms with Gasteiger partial charge < -0.3 is 15.1 Å². The molecule has 0 unspecified atom stereocenters. The van der Waals surface area contributed by atoms with Crippen LogP contribution in [0.15, 0.2) is 34.6 Å². The Hall–Kier alpha value is -2.41. The number of carbonyl (C=O) groups is 1. The number of carbonyl (C=O) groups excluding carboxylic acids is 1. The second kappa shape index (κ2) is 8.31. The van der Waals surface area contributed by atoms with Crippen LogP contribution in [0.2, 0.25) is 0 Å². The number of rotatable bonds is 4. The number of anilines is 1. The van der Waals surface area contributed by atoms with E-state index in [9.17, 15) is 4.79 Å². The molecule has 26 heavy (non-hydrogen) atoms. The molecule has 2 heterocycles. The van der Waals surface area contributed by atoms with Gasteiger partial charge in [-0.2, -0.15) is 0 Å². The van der Waals surface area contributed by atoms with E-state index in [1.165, 1.54) is 5.56 Å². The lowest BCUT2D eigenvalue weighted by molar-refractivity contribution is -0.117. The second-order valence-electron chi connectivity index (χ2n) is 6.39. The molecule has 0 saturated carbocycles. The van der Waals surface area contributed by atoms with Crippen molar-refractivity contribution in [3.63, 3.8) is 0 Å². The Kier molecular flexibility index (Phi) is 5.88. The fourth-order valence-electron chi connectivity index (χ4n) is 3.23. The number of aryl methyl sites for hydroxylation is 2. The first kappa shape index (κ1) is 18.4. The van der Waals surface area contributed by atoms with Gasteiger partial charge in [0, 0.05) is 31.7 Å². The van der Waals surface area contributed by atoms with Gasteiger partial charge in [-0.1, -0.05) is 18.2 Å². The van der Waals surface area contributed by atoms with Gasteiger partial charge in [0.05, 0.1) is 23.8 Å². The highest BCUT2D eigenvalue weighted by Gasteiger charge is 2.22. The summed E-state index contributed by atoms with van der Waals surface area (Å²) < 4.78 is 0. The molecule has 138 valence electrons. The van der Waals surface area contributed by atoms with Crippen molar-refractivity contribution in [2.75, 3.05) is 32.1 Å². The predicted octanol–water partition coefficient (Wildman–Crippen LogP) is 2.44. The highest BCUT2D eigenvalue weighted by molar-refractivity contribution is 7.09. The number of aromatic nitrogens is 1. The number of guanidine groups is 1. The zero-order valence-corrected chi connectivity index (χ0v) is 16.3. The first-order valence-corrected chi connectivity index (χ1v) is 9.67. The van der Waals surface area contributed by atoms with E-state index in [1.54, 1.807) is 18.4 Å². The van der Waals surface area contributed by atoms with Crippen molar-refractivity contribution in [2.45, 2.75) is 26.3 Å². The molecule has 0 spiro atoms. The van der Waals surface area contributed by atoms with Crippen LogP contribution in [0.4, 0.5) is 5.69 Å². The molecule has 1 N–H and O–H groups in total. The van der Waals surface area contributed by atoms with Crippen LogP contribution in [0.5, 0.6) is 0 Å². The topological polar surface area (TPSA) is 60.8 Å². The van der Waals surface area contributed by atoms with Gasteiger partial charge in [0.15, 0.2) is 5.96 Å². The van der Waals surface area contributed by atoms with Crippen molar-refractivity contribution in [2.24, 2.45) is 4.99 Å². The zero-order valence-electron chi connectivity index (χ0n) is 15.5. The Morgan fingerprint density at radius 2 is 2.23 bits per heavy atom. The minimum Gasteiger partial charge on any atom is -0.347 e. The smallest absolute Gasteiger partial charge is 0.246 e. The number of aliphatic imine (C=N–C) groups is 1. The van der Waals surface area contributed by atoms with Gasteiger partial charge in [-0.15, -0.1) is 11.3 Å². The molecule has 0 fully saturated rings. The number of amides is 1. The summed E-state index contributed by atoms with van der Waals surface area (Å²) in [5, 5.41) is 6.29. The fourth-order valence-corrected chi connectivity index (χ4v) is 3.83. The summed E-state index contributed by atoms with van der Waals surface area (Å²) in [7, 11) is 3.68. The molecule has 1 aliphatic heterocycles. The van der Waals surface area contributed by atoms with E-state index in [0.29, 0.717) is 12.5 Å². The molecule has 1 aromatic carbocycles. The first-order valence-electron chi connectivity index (χ1n) is 8.79. The third-order valence-corrected chi connectivity index (χ3v) is 5.27. The molecular weight excluding hydrogens is 346 g/mol. The maximum absolute atomic E-state index is 12.7. The van der Waals surface area contributed by atoms with Crippen LogP contribution in [0.3, 0.4) is 0 Å². The van der Waals surface area contributed by atoms with Gasteiger partial charge >= 0.3 is 0 Å². The van der Waals surface area contributed by atoms with Crippen LogP contribution in [-0.4, -0.2) is 48.9 Å². The molecule has 1 aliphatic rings. The average Bonchev–Trinajstić information content (AvgIpc) is 3.06. The Bertz CT molecular complexity index is 801. The van der Waals surface area contributed by atoms with E-state index in [-0.39, 0.29) is 12.5 Å². The van der Waals surface area contributed by atoms with E-state index in [2.05, 4.69) is 26.7 Å². The number of fused-ring (bicyclic) bond motifs is 1. The summed E-state index contributed by atoms with van der Waals surface area (Å²) in [5.41, 5.74) is 3.29. The van der Waals surface area contributed by atoms with Gasteiger partial charge in [0.1, 0.15) is 0 Å². The van der Waals surface area contributed by atoms with Crippen LogP contribution >= 0.6 is 11.3 Å². The Morgan fingerprint density at radius 1 is 1.42 bits per heavy atom. The molecule has 0 aliphatic carbocycles. The summed E-state index contributed by atoms with van der Waals surface area (Å²) in [6, 6.07) is 8.14. The normalized spacial score (nSPS) is 14.1. The quantitative estimate of drug-likeness (QED) is 0.662. The maximum atomic E-state index is 12.7. The summed E-state index contributed by atoms with van der Waals surface area (Å²) in [6.45, 7) is 3.65. The minimum atomic E-state index is 0.0659. The third kappa shape index (κ3) is 4.22. The number of nitrogens with zero attached hydrogens (tertiary/aromatic N) is 4. The van der Waals surface area contributed by atoms with E-state index in [4.69, 9.17) is 0 Å². The largest absolute Gasteiger partial charge is 0.347 e. The van der Waals surface area contributed by atoms with Crippen LogP contribution in [0, 0.1) is 6.92 Å². The van der Waals surface area contributed by atoms with E-state index >= 15 is 0 Å². The van der Waals surface area contributed by atoms with Crippen LogP contribution in [-0.2, 0) is 17.8 Å². The number of para-hydroxylation sites is 1. The molecule has 1 aromatic heterocycles. The number of thiazole rings is 1. The van der Waals surface area contributed by atoms with Gasteiger partial charge in [-0.25, -0.2) is 4.98 Å². The van der Waals surface area contributed by atoms with Gasteiger partial charge in [0.25, 0.3) is 0 Å². The average molecular weight is 372 g/mol. The first-order chi connectivity index (χ1) is 12.6. The highest BCUT2D eigenvalue weighted by atomic mass is 32.1. The maximum Gasteiger partial charge on any atom is 0.246 e. The van der Waals surface area contributed by atoms with Crippen LogP contribution in [0.1, 0.15) is 22.7 Å². The summed E-state index contributed by atoms with van der Waals surface area (Å²) >= 11 is 1.64. The van der Waals surface area contributed by atoms with E-state index in [0.717, 1.165) is 35.8 Å². The molecule has 2 aromatic rings. The monoisotopic (exact) mass is 371 g/mol. The highest BCUT2D eigenvalue weighted by Crippen LogP contribution is 2.26. The molecule has 0 bridgehead atoms. The standard InChI is InChI=1S/C19H25N5OS/c1-14-22-16(13-26-14)12-23(3)19(20-2)21-11-18(25)24-10-6-8-15-7-4-5-9-17(15)24/h4-5,7,9,13H,6,8,10-12H2,1-3H3,(H,20,21). The van der Waals surface area contributed by atoms with Gasteiger partial charge in [-0.05, 0) is 31.4 Å². The molecule has 0 saturated heterocycles. The number of benzene rings is 1. The Morgan fingerprint density at radius 3 is 2.96 bits per heavy atom. The summed E-state index contributed by atoms with van der Waals surface area (Å²) in [6.07, 6.45) is 2.03. The van der Waals surface area contributed by atoms with Crippen molar-refractivity contribution >= 4 is 28.9 Å². The molecular formula is C19H25N5OS. The van der Waals surface area contributed by atoms with Crippen molar-refractivity contribution in [3.8, 4) is 0 Å². The summed E-state index contributed by atoms with van der Waals surface area (Å²) in [4.78, 5) is 25.4. The predicted molar refractivity (Wildman–Crippen MR) is 107 cm³/mol. The SMILES string of the molecule is CN=C(NCC(=O)N1CCCc2ccccc21)N(C)Cc1csc(C)n1. The Labute approximate surface area is 158 Å². The van der Waals surface area contributed by atoms with Gasteiger partial charge in [0.2, 0.25) is 5.91 Å². The molecule has 6 nitrogen and oxygen atoms in total. The van der Waals surface area contributed by atoms with Crippen molar-refractivity contribution in [1.82, 2.24) is 15.2 Å². The van der Waals surface area contributed by atoms with Crippen LogP contribution in [0.25, 0.3) is 0 Å². The van der Waals surface area contributed by atoms with Gasteiger partial charge in [-0.3, -0.25) is 9.79 Å². The molecule has 0 radical (unpaired) electrons. The zero-order chi connectivity index (χ0) is 18.5. The molecule has 7 heteroatoms. The van der Waals surface area contributed by atoms with E-state index < -0.39 is 0 Å². The van der Waals surface area contributed by atoms with Crippen molar-refractivity contribution < 1.29 is 4.79 Å². The molecule has 1 amide bonds.